The van der Waals surface area contributed by atoms with Gasteiger partial charge in [0.15, 0.2) is 5.96 Å². The molecule has 1 aliphatic rings. The van der Waals surface area contributed by atoms with Gasteiger partial charge in [-0.05, 0) is 39.5 Å². The Morgan fingerprint density at radius 2 is 1.95 bits per heavy atom. The third kappa shape index (κ3) is 4.58. The van der Waals surface area contributed by atoms with E-state index in [0.29, 0.717) is 24.7 Å². The molecule has 5 nitrogen and oxygen atoms in total. The maximum atomic E-state index is 6.01. The molecule has 3 N–H and O–H groups in total. The second-order valence-electron chi connectivity index (χ2n) is 5.63. The Hall–Kier alpha value is -0.810. The van der Waals surface area contributed by atoms with Crippen LogP contribution in [0.15, 0.2) is 4.99 Å². The minimum Gasteiger partial charge on any atom is -0.382 e. The van der Waals surface area contributed by atoms with Crippen molar-refractivity contribution in [3.8, 4) is 0 Å². The van der Waals surface area contributed by atoms with Gasteiger partial charge in [0.1, 0.15) is 0 Å². The number of guanidine groups is 1. The summed E-state index contributed by atoms with van der Waals surface area (Å²) in [6, 6.07) is 0.375. The summed E-state index contributed by atoms with van der Waals surface area (Å²) in [6.07, 6.45) is 4.48. The normalized spacial score (nSPS) is 24.7. The van der Waals surface area contributed by atoms with E-state index in [0.717, 1.165) is 45.5 Å². The van der Waals surface area contributed by atoms with Crippen LogP contribution < -0.4 is 11.1 Å². The molecule has 1 saturated carbocycles. The van der Waals surface area contributed by atoms with Crippen molar-refractivity contribution >= 4 is 5.96 Å². The van der Waals surface area contributed by atoms with Crippen LogP contribution in [0.25, 0.3) is 0 Å². The number of nitrogens with zero attached hydrogens (tertiary/aromatic N) is 1. The van der Waals surface area contributed by atoms with E-state index in [9.17, 15) is 0 Å². The molecule has 0 radical (unpaired) electrons. The summed E-state index contributed by atoms with van der Waals surface area (Å²) in [5.41, 5.74) is 6.20. The topological polar surface area (TPSA) is 68.9 Å². The first-order chi connectivity index (χ1) is 10.1. The number of nitrogens with two attached hydrogens (primary N) is 1. The van der Waals surface area contributed by atoms with Gasteiger partial charge in [-0.1, -0.05) is 13.8 Å². The van der Waals surface area contributed by atoms with Crippen LogP contribution in [0.2, 0.25) is 0 Å². The first kappa shape index (κ1) is 18.2. The van der Waals surface area contributed by atoms with Crippen LogP contribution in [0, 0.1) is 5.41 Å². The fraction of sp³-hybridized carbons (Fsp3) is 0.938. The van der Waals surface area contributed by atoms with Crippen molar-refractivity contribution in [1.82, 2.24) is 5.32 Å². The third-order valence-corrected chi connectivity index (χ3v) is 4.72. The number of aliphatic imine (C=N–C) groups is 1. The molecule has 0 spiro atoms. The summed E-state index contributed by atoms with van der Waals surface area (Å²) in [4.78, 5) is 4.39. The first-order valence-corrected chi connectivity index (χ1v) is 8.40. The van der Waals surface area contributed by atoms with E-state index < -0.39 is 0 Å². The van der Waals surface area contributed by atoms with Crippen LogP contribution in [-0.2, 0) is 9.47 Å². The largest absolute Gasteiger partial charge is 0.382 e. The third-order valence-electron chi connectivity index (χ3n) is 4.72. The highest BCUT2D eigenvalue weighted by Crippen LogP contribution is 2.48. The molecule has 0 heterocycles. The number of nitrogens with one attached hydrogen (secondary N) is 1. The fourth-order valence-electron chi connectivity index (χ4n) is 3.32. The summed E-state index contributed by atoms with van der Waals surface area (Å²) in [5.74, 6) is 0.553. The van der Waals surface area contributed by atoms with E-state index in [1.165, 1.54) is 0 Å². The minimum atomic E-state index is 0.196. The zero-order valence-corrected chi connectivity index (χ0v) is 14.2. The second-order valence-corrected chi connectivity index (χ2v) is 5.63. The van der Waals surface area contributed by atoms with Gasteiger partial charge < -0.3 is 20.5 Å². The Morgan fingerprint density at radius 1 is 1.24 bits per heavy atom. The highest BCUT2D eigenvalue weighted by atomic mass is 16.5. The number of hydrogen-bond acceptors (Lipinski definition) is 3. The predicted molar refractivity (Wildman–Crippen MR) is 87.6 cm³/mol. The maximum absolute atomic E-state index is 6.01. The van der Waals surface area contributed by atoms with Crippen LogP contribution in [0.5, 0.6) is 0 Å². The molecule has 0 aromatic heterocycles. The molecule has 0 amide bonds. The summed E-state index contributed by atoms with van der Waals surface area (Å²) in [6.45, 7) is 11.5. The van der Waals surface area contributed by atoms with E-state index >= 15 is 0 Å². The lowest BCUT2D eigenvalue weighted by Crippen LogP contribution is -2.65. The highest BCUT2D eigenvalue weighted by molar-refractivity contribution is 5.78. The standard InChI is InChI=1S/C16H33N3O2/c1-5-16(6-2)13(12-14(16)21-8-4)19-15(17)18-10-9-11-20-7-3/h13-14H,5-12H2,1-4H3,(H3,17,18,19). The molecule has 21 heavy (non-hydrogen) atoms. The fourth-order valence-corrected chi connectivity index (χ4v) is 3.32. The first-order valence-electron chi connectivity index (χ1n) is 8.40. The zero-order chi connectivity index (χ0) is 15.7. The molecule has 1 aliphatic carbocycles. The number of ether oxygens (including phenoxy) is 2. The van der Waals surface area contributed by atoms with E-state index in [1.54, 1.807) is 0 Å². The van der Waals surface area contributed by atoms with Gasteiger partial charge in [0, 0.05) is 37.8 Å². The van der Waals surface area contributed by atoms with E-state index in [-0.39, 0.29) is 5.41 Å². The second kappa shape index (κ2) is 9.26. The van der Waals surface area contributed by atoms with Gasteiger partial charge in [-0.15, -0.1) is 0 Å². The van der Waals surface area contributed by atoms with Gasteiger partial charge in [-0.2, -0.15) is 0 Å². The molecule has 0 aromatic rings. The zero-order valence-electron chi connectivity index (χ0n) is 14.2. The molecule has 0 saturated heterocycles. The molecular weight excluding hydrogens is 266 g/mol. The van der Waals surface area contributed by atoms with Gasteiger partial charge in [-0.25, -0.2) is 0 Å². The Balaban J connectivity index is 2.44. The predicted octanol–water partition coefficient (Wildman–Crippen LogP) is 2.30. The van der Waals surface area contributed by atoms with Crippen LogP contribution in [0.1, 0.15) is 53.4 Å². The highest BCUT2D eigenvalue weighted by Gasteiger charge is 2.53. The number of rotatable bonds is 10. The van der Waals surface area contributed by atoms with Crippen LogP contribution in [0.4, 0.5) is 0 Å². The summed E-state index contributed by atoms with van der Waals surface area (Å²) >= 11 is 0. The Labute approximate surface area is 129 Å². The quantitative estimate of drug-likeness (QED) is 0.369. The van der Waals surface area contributed by atoms with Crippen molar-refractivity contribution in [2.24, 2.45) is 16.1 Å². The van der Waals surface area contributed by atoms with Crippen LogP contribution in [-0.4, -0.2) is 44.5 Å². The average molecular weight is 299 g/mol. The summed E-state index contributed by atoms with van der Waals surface area (Å²) in [7, 11) is 0. The molecule has 0 aliphatic heterocycles. The lowest BCUT2D eigenvalue weighted by molar-refractivity contribution is -0.133. The molecule has 1 fully saturated rings. The Bertz CT molecular complexity index is 317. The monoisotopic (exact) mass is 299 g/mol. The van der Waals surface area contributed by atoms with Crippen molar-refractivity contribution in [1.29, 1.82) is 0 Å². The van der Waals surface area contributed by atoms with Crippen LogP contribution in [0.3, 0.4) is 0 Å². The van der Waals surface area contributed by atoms with Crippen LogP contribution >= 0.6 is 0 Å². The van der Waals surface area contributed by atoms with E-state index in [2.05, 4.69) is 31.1 Å². The van der Waals surface area contributed by atoms with Gasteiger partial charge >= 0.3 is 0 Å². The lowest BCUT2D eigenvalue weighted by atomic mass is 9.58. The van der Waals surface area contributed by atoms with Crippen molar-refractivity contribution in [2.75, 3.05) is 26.4 Å². The summed E-state index contributed by atoms with van der Waals surface area (Å²) < 4.78 is 11.2. The molecule has 1 rings (SSSR count). The van der Waals surface area contributed by atoms with E-state index in [4.69, 9.17) is 15.2 Å². The molecule has 124 valence electrons. The van der Waals surface area contributed by atoms with E-state index in [1.807, 2.05) is 6.92 Å². The Kier molecular flexibility index (Phi) is 8.04. The Morgan fingerprint density at radius 3 is 2.52 bits per heavy atom. The molecular formula is C16H33N3O2. The SMILES string of the molecule is CCOCCCN=C(N)NC1CC(OCC)C1(CC)CC. The average Bonchev–Trinajstić information content (AvgIpc) is 2.47. The molecule has 2 atom stereocenters. The lowest BCUT2D eigenvalue weighted by Gasteiger charge is -2.55. The van der Waals surface area contributed by atoms with Gasteiger partial charge in [0.05, 0.1) is 6.10 Å². The van der Waals surface area contributed by atoms with Crippen molar-refractivity contribution in [3.05, 3.63) is 0 Å². The van der Waals surface area contributed by atoms with Gasteiger partial charge in [-0.3, -0.25) is 4.99 Å². The van der Waals surface area contributed by atoms with Gasteiger partial charge in [0.2, 0.25) is 0 Å². The van der Waals surface area contributed by atoms with Crippen molar-refractivity contribution < 1.29 is 9.47 Å². The molecule has 2 unspecified atom stereocenters. The van der Waals surface area contributed by atoms with Gasteiger partial charge in [0.25, 0.3) is 0 Å². The van der Waals surface area contributed by atoms with Crippen molar-refractivity contribution in [2.45, 2.75) is 65.5 Å². The molecule has 0 aromatic carbocycles. The number of hydrogen-bond donors (Lipinski definition) is 2. The minimum absolute atomic E-state index is 0.196. The maximum Gasteiger partial charge on any atom is 0.188 e. The smallest absolute Gasteiger partial charge is 0.188 e. The summed E-state index contributed by atoms with van der Waals surface area (Å²) in [5, 5.41) is 3.40. The van der Waals surface area contributed by atoms with Crippen molar-refractivity contribution in [3.63, 3.8) is 0 Å². The molecule has 0 bridgehead atoms. The molecule has 5 heteroatoms.